The Hall–Kier alpha value is -1.11. The summed E-state index contributed by atoms with van der Waals surface area (Å²) in [6.07, 6.45) is 1.26. The van der Waals surface area contributed by atoms with Crippen LogP contribution in [0.1, 0.15) is 20.3 Å². The Morgan fingerprint density at radius 3 is 2.13 bits per heavy atom. The SMILES string of the molecule is C[C@H]1C[C@H](C)CN(c2ccc(S(=O)(=O)N3CCOCC3)cc2)C1. The van der Waals surface area contributed by atoms with E-state index in [9.17, 15) is 8.42 Å². The number of anilines is 1. The van der Waals surface area contributed by atoms with Crippen molar-refractivity contribution < 1.29 is 13.2 Å². The van der Waals surface area contributed by atoms with Crippen molar-refractivity contribution in [2.75, 3.05) is 44.3 Å². The van der Waals surface area contributed by atoms with Crippen LogP contribution < -0.4 is 4.90 Å². The zero-order chi connectivity index (χ0) is 16.4. The molecule has 5 nitrogen and oxygen atoms in total. The minimum atomic E-state index is -3.40. The molecule has 6 heteroatoms. The largest absolute Gasteiger partial charge is 0.379 e. The number of hydrogen-bond donors (Lipinski definition) is 0. The Morgan fingerprint density at radius 2 is 1.57 bits per heavy atom. The minimum absolute atomic E-state index is 0.376. The highest BCUT2D eigenvalue weighted by Crippen LogP contribution is 2.27. The van der Waals surface area contributed by atoms with E-state index in [0.717, 1.165) is 18.8 Å². The third kappa shape index (κ3) is 3.70. The highest BCUT2D eigenvalue weighted by Gasteiger charge is 2.27. The standard InChI is InChI=1S/C17H26N2O3S/c1-14-11-15(2)13-18(12-14)16-3-5-17(6-4-16)23(20,21)19-7-9-22-10-8-19/h3-6,14-15H,7-13H2,1-2H3/t14-,15-/m0/s1. The van der Waals surface area contributed by atoms with Gasteiger partial charge in [0.25, 0.3) is 0 Å². The fourth-order valence-electron chi connectivity index (χ4n) is 3.64. The molecule has 2 aliphatic rings. The second-order valence-electron chi connectivity index (χ2n) is 6.86. The first kappa shape index (κ1) is 16.7. The van der Waals surface area contributed by atoms with Crippen molar-refractivity contribution in [3.05, 3.63) is 24.3 Å². The average Bonchev–Trinajstić information content (AvgIpc) is 2.55. The number of piperidine rings is 1. The van der Waals surface area contributed by atoms with E-state index in [-0.39, 0.29) is 0 Å². The predicted molar refractivity (Wildman–Crippen MR) is 91.2 cm³/mol. The van der Waals surface area contributed by atoms with Crippen LogP contribution in [-0.2, 0) is 14.8 Å². The zero-order valence-electron chi connectivity index (χ0n) is 13.9. The Morgan fingerprint density at radius 1 is 1.00 bits per heavy atom. The van der Waals surface area contributed by atoms with Crippen LogP contribution >= 0.6 is 0 Å². The van der Waals surface area contributed by atoms with E-state index in [1.54, 1.807) is 12.1 Å². The van der Waals surface area contributed by atoms with Gasteiger partial charge in [0.05, 0.1) is 18.1 Å². The lowest BCUT2D eigenvalue weighted by atomic mass is 9.91. The van der Waals surface area contributed by atoms with Crippen LogP contribution in [0.2, 0.25) is 0 Å². The first-order valence-corrected chi connectivity index (χ1v) is 9.84. The number of rotatable bonds is 3. The summed E-state index contributed by atoms with van der Waals surface area (Å²) < 4.78 is 32.0. The van der Waals surface area contributed by atoms with Crippen LogP contribution in [0.4, 0.5) is 5.69 Å². The van der Waals surface area contributed by atoms with Crippen LogP contribution in [0.25, 0.3) is 0 Å². The van der Waals surface area contributed by atoms with Crippen molar-refractivity contribution in [1.29, 1.82) is 0 Å². The van der Waals surface area contributed by atoms with E-state index in [2.05, 4.69) is 18.7 Å². The fraction of sp³-hybridized carbons (Fsp3) is 0.647. The number of ether oxygens (including phenoxy) is 1. The molecule has 0 aliphatic carbocycles. The third-order valence-corrected chi connectivity index (χ3v) is 6.59. The van der Waals surface area contributed by atoms with Crippen LogP contribution in [0, 0.1) is 11.8 Å². The Bertz CT molecular complexity index is 614. The molecule has 2 saturated heterocycles. The summed E-state index contributed by atoms with van der Waals surface area (Å²) in [6, 6.07) is 7.37. The molecular formula is C17H26N2O3S. The summed E-state index contributed by atoms with van der Waals surface area (Å²) in [7, 11) is -3.40. The molecule has 0 radical (unpaired) electrons. The van der Waals surface area contributed by atoms with Gasteiger partial charge in [-0.2, -0.15) is 4.31 Å². The molecule has 0 amide bonds. The fourth-order valence-corrected chi connectivity index (χ4v) is 5.05. The van der Waals surface area contributed by atoms with Crippen molar-refractivity contribution in [2.24, 2.45) is 11.8 Å². The lowest BCUT2D eigenvalue weighted by Crippen LogP contribution is -2.40. The maximum absolute atomic E-state index is 12.6. The number of benzene rings is 1. The Labute approximate surface area is 139 Å². The quantitative estimate of drug-likeness (QED) is 0.848. The summed E-state index contributed by atoms with van der Waals surface area (Å²) in [5.41, 5.74) is 1.12. The van der Waals surface area contributed by atoms with E-state index in [1.165, 1.54) is 10.7 Å². The maximum Gasteiger partial charge on any atom is 0.243 e. The molecular weight excluding hydrogens is 312 g/mol. The second-order valence-corrected chi connectivity index (χ2v) is 8.80. The minimum Gasteiger partial charge on any atom is -0.379 e. The summed E-state index contributed by atoms with van der Waals surface area (Å²) in [5, 5.41) is 0. The molecule has 128 valence electrons. The van der Waals surface area contributed by atoms with E-state index in [4.69, 9.17) is 4.74 Å². The molecule has 23 heavy (non-hydrogen) atoms. The lowest BCUT2D eigenvalue weighted by Gasteiger charge is -2.36. The highest BCUT2D eigenvalue weighted by molar-refractivity contribution is 7.89. The van der Waals surface area contributed by atoms with E-state index in [1.807, 2.05) is 12.1 Å². The van der Waals surface area contributed by atoms with Gasteiger partial charge in [-0.05, 0) is 42.5 Å². The first-order valence-electron chi connectivity index (χ1n) is 8.39. The number of morpholine rings is 1. The number of nitrogens with zero attached hydrogens (tertiary/aromatic N) is 2. The van der Waals surface area contributed by atoms with Crippen molar-refractivity contribution in [3.8, 4) is 0 Å². The average molecular weight is 338 g/mol. The van der Waals surface area contributed by atoms with Crippen molar-refractivity contribution in [1.82, 2.24) is 4.31 Å². The van der Waals surface area contributed by atoms with Crippen LogP contribution in [0.3, 0.4) is 0 Å². The molecule has 0 spiro atoms. The molecule has 2 aliphatic heterocycles. The van der Waals surface area contributed by atoms with E-state index >= 15 is 0 Å². The van der Waals surface area contributed by atoms with E-state index < -0.39 is 10.0 Å². The molecule has 1 aromatic carbocycles. The third-order valence-electron chi connectivity index (χ3n) is 4.68. The topological polar surface area (TPSA) is 49.9 Å². The summed E-state index contributed by atoms with van der Waals surface area (Å²) >= 11 is 0. The highest BCUT2D eigenvalue weighted by atomic mass is 32.2. The lowest BCUT2D eigenvalue weighted by molar-refractivity contribution is 0.0730. The van der Waals surface area contributed by atoms with Crippen LogP contribution in [-0.4, -0.2) is 52.1 Å². The van der Waals surface area contributed by atoms with Gasteiger partial charge in [-0.25, -0.2) is 8.42 Å². The maximum atomic E-state index is 12.6. The predicted octanol–water partition coefficient (Wildman–Crippen LogP) is 2.19. The Balaban J connectivity index is 1.76. The molecule has 0 unspecified atom stereocenters. The molecule has 0 N–H and O–H groups in total. The van der Waals surface area contributed by atoms with Gasteiger partial charge in [-0.1, -0.05) is 13.8 Å². The molecule has 0 bridgehead atoms. The van der Waals surface area contributed by atoms with Gasteiger partial charge in [-0.15, -0.1) is 0 Å². The molecule has 0 saturated carbocycles. The van der Waals surface area contributed by atoms with Gasteiger partial charge in [0.1, 0.15) is 0 Å². The van der Waals surface area contributed by atoms with Crippen molar-refractivity contribution >= 4 is 15.7 Å². The van der Waals surface area contributed by atoms with Crippen LogP contribution in [0.15, 0.2) is 29.2 Å². The van der Waals surface area contributed by atoms with Gasteiger partial charge >= 0.3 is 0 Å². The van der Waals surface area contributed by atoms with Crippen molar-refractivity contribution in [3.63, 3.8) is 0 Å². The van der Waals surface area contributed by atoms with Crippen LogP contribution in [0.5, 0.6) is 0 Å². The smallest absolute Gasteiger partial charge is 0.243 e. The van der Waals surface area contributed by atoms with Gasteiger partial charge in [-0.3, -0.25) is 0 Å². The monoisotopic (exact) mass is 338 g/mol. The zero-order valence-corrected chi connectivity index (χ0v) is 14.8. The normalized spacial score (nSPS) is 27.1. The second kappa shape index (κ2) is 6.79. The van der Waals surface area contributed by atoms with E-state index in [0.29, 0.717) is 43.0 Å². The Kier molecular flexibility index (Phi) is 4.94. The first-order chi connectivity index (χ1) is 11.0. The van der Waals surface area contributed by atoms with Gasteiger partial charge in [0, 0.05) is 31.9 Å². The summed E-state index contributed by atoms with van der Waals surface area (Å²) in [6.45, 7) is 8.46. The summed E-state index contributed by atoms with van der Waals surface area (Å²) in [4.78, 5) is 2.74. The van der Waals surface area contributed by atoms with Gasteiger partial charge < -0.3 is 9.64 Å². The molecule has 3 rings (SSSR count). The molecule has 0 aromatic heterocycles. The number of sulfonamides is 1. The molecule has 2 heterocycles. The van der Waals surface area contributed by atoms with Gasteiger partial charge in [0.15, 0.2) is 0 Å². The summed E-state index contributed by atoms with van der Waals surface area (Å²) in [5.74, 6) is 1.35. The number of hydrogen-bond acceptors (Lipinski definition) is 4. The molecule has 2 fully saturated rings. The molecule has 2 atom stereocenters. The molecule has 1 aromatic rings. The van der Waals surface area contributed by atoms with Crippen molar-refractivity contribution in [2.45, 2.75) is 25.2 Å². The van der Waals surface area contributed by atoms with Gasteiger partial charge in [0.2, 0.25) is 10.0 Å².